The van der Waals surface area contributed by atoms with E-state index in [-0.39, 0.29) is 11.9 Å². The third-order valence-electron chi connectivity index (χ3n) is 5.26. The zero-order valence-electron chi connectivity index (χ0n) is 15.9. The number of rotatable bonds is 4. The van der Waals surface area contributed by atoms with E-state index in [1.54, 1.807) is 18.3 Å². The summed E-state index contributed by atoms with van der Waals surface area (Å²) in [5.41, 5.74) is 7.19. The second kappa shape index (κ2) is 8.10. The highest BCUT2D eigenvalue weighted by molar-refractivity contribution is 9.10. The van der Waals surface area contributed by atoms with Gasteiger partial charge < -0.3 is 25.3 Å². The zero-order chi connectivity index (χ0) is 21.7. The molecule has 0 aliphatic carbocycles. The van der Waals surface area contributed by atoms with Gasteiger partial charge in [0.25, 0.3) is 0 Å². The van der Waals surface area contributed by atoms with Crippen molar-refractivity contribution in [2.24, 2.45) is 0 Å². The Kier molecular flexibility index (Phi) is 5.43. The van der Waals surface area contributed by atoms with Crippen LogP contribution in [0.5, 0.6) is 5.75 Å². The van der Waals surface area contributed by atoms with Crippen molar-refractivity contribution in [2.45, 2.75) is 22.8 Å². The number of benzene rings is 1. The van der Waals surface area contributed by atoms with Crippen molar-refractivity contribution in [1.82, 2.24) is 19.5 Å². The molecule has 5 rings (SSSR count). The lowest BCUT2D eigenvalue weighted by Crippen LogP contribution is -2.34. The number of hydrogen-bond acceptors (Lipinski definition) is 8. The average Bonchev–Trinajstić information content (AvgIpc) is 3.30. The van der Waals surface area contributed by atoms with Crippen LogP contribution in [0.15, 0.2) is 47.3 Å². The molecular weight excluding hydrogens is 506 g/mol. The van der Waals surface area contributed by atoms with Crippen molar-refractivity contribution >= 4 is 67.0 Å². The Morgan fingerprint density at radius 3 is 2.87 bits per heavy atom. The molecule has 3 aromatic heterocycles. The molecule has 1 aromatic carbocycles. The Morgan fingerprint density at radius 2 is 2.03 bits per heavy atom. The molecule has 0 spiro atoms. The maximum Gasteiger partial charge on any atom is 0.145 e. The fraction of sp³-hybridized carbons (Fsp3) is 0.250. The number of pyridine rings is 1. The van der Waals surface area contributed by atoms with Gasteiger partial charge in [-0.1, -0.05) is 11.6 Å². The third kappa shape index (κ3) is 3.72. The van der Waals surface area contributed by atoms with Crippen molar-refractivity contribution < 1.29 is 14.9 Å². The maximum atomic E-state index is 10.7. The van der Waals surface area contributed by atoms with Crippen molar-refractivity contribution in [1.29, 1.82) is 0 Å². The number of thioether (sulfide) groups is 1. The van der Waals surface area contributed by atoms with Crippen LogP contribution < -0.4 is 10.5 Å². The van der Waals surface area contributed by atoms with Crippen molar-refractivity contribution in [2.75, 3.05) is 12.3 Å². The number of halogens is 2. The van der Waals surface area contributed by atoms with Crippen LogP contribution >= 0.6 is 39.3 Å². The fourth-order valence-electron chi connectivity index (χ4n) is 3.65. The number of nitrogens with zero attached hydrogens (tertiary/aromatic N) is 4. The molecule has 4 aromatic rings. The lowest BCUT2D eigenvalue weighted by Gasteiger charge is -2.17. The number of aliphatic hydroxyl groups excluding tert-OH is 2. The third-order valence-corrected chi connectivity index (χ3v) is 7.74. The summed E-state index contributed by atoms with van der Waals surface area (Å²) < 4.78 is 8.47. The van der Waals surface area contributed by atoms with E-state index in [1.807, 2.05) is 22.8 Å². The molecule has 1 aliphatic heterocycles. The van der Waals surface area contributed by atoms with Gasteiger partial charge in [0, 0.05) is 17.6 Å². The number of aromatic nitrogens is 4. The Labute approximate surface area is 194 Å². The lowest BCUT2D eigenvalue weighted by molar-refractivity contribution is 0.0128. The number of anilines is 1. The number of aliphatic hydroxyl groups is 2. The molecule has 0 bridgehead atoms. The number of ether oxygens (including phenoxy) is 1. The molecule has 4 atom stereocenters. The van der Waals surface area contributed by atoms with Crippen molar-refractivity contribution in [3.8, 4) is 5.75 Å². The smallest absolute Gasteiger partial charge is 0.145 e. The minimum Gasteiger partial charge on any atom is -0.492 e. The van der Waals surface area contributed by atoms with Crippen molar-refractivity contribution in [3.63, 3.8) is 0 Å². The predicted octanol–water partition coefficient (Wildman–Crippen LogP) is 3.39. The van der Waals surface area contributed by atoms with Crippen LogP contribution in [0.4, 0.5) is 5.82 Å². The summed E-state index contributed by atoms with van der Waals surface area (Å²) in [6.45, 7) is 0.214. The molecule has 1 fully saturated rings. The SMILES string of the molecule is Nc1nc2cc(OC[C@H]3S[C@@H](n4ccc5c(Cl)ncnc54)[C@H](O)[C@@H]3O)ccc2cc1Br. The standard InChI is InChI=1S/C20H17BrClN5O3S/c21-12-5-9-1-2-10(6-13(9)26-18(12)23)30-7-14-15(28)16(29)20(31-14)27-4-3-11-17(22)24-8-25-19(11)27/h1-6,8,14-16,20,28-29H,7H2,(H2,23,26)/t14-,15-,16-,20-/m1/s1. The van der Waals surface area contributed by atoms with Crippen LogP contribution in [0.1, 0.15) is 5.37 Å². The summed E-state index contributed by atoms with van der Waals surface area (Å²) in [5, 5.41) is 22.5. The monoisotopic (exact) mass is 521 g/mol. The van der Waals surface area contributed by atoms with E-state index in [4.69, 9.17) is 22.1 Å². The van der Waals surface area contributed by atoms with Gasteiger partial charge in [0.1, 0.15) is 46.8 Å². The van der Waals surface area contributed by atoms with E-state index < -0.39 is 17.6 Å². The highest BCUT2D eigenvalue weighted by Gasteiger charge is 2.44. The first-order chi connectivity index (χ1) is 14.9. The van der Waals surface area contributed by atoms with Gasteiger partial charge in [-0.05, 0) is 40.2 Å². The van der Waals surface area contributed by atoms with Gasteiger partial charge >= 0.3 is 0 Å². The summed E-state index contributed by atoms with van der Waals surface area (Å²) >= 11 is 10.9. The van der Waals surface area contributed by atoms with Gasteiger partial charge in [-0.15, -0.1) is 11.8 Å². The number of hydrogen-bond donors (Lipinski definition) is 3. The zero-order valence-corrected chi connectivity index (χ0v) is 19.0. The first kappa shape index (κ1) is 20.8. The fourth-order valence-corrected chi connectivity index (χ4v) is 5.62. The van der Waals surface area contributed by atoms with E-state index >= 15 is 0 Å². The van der Waals surface area contributed by atoms with Gasteiger partial charge in [-0.2, -0.15) is 0 Å². The van der Waals surface area contributed by atoms with Crippen LogP contribution in [-0.2, 0) is 0 Å². The summed E-state index contributed by atoms with van der Waals surface area (Å²) in [4.78, 5) is 12.6. The van der Waals surface area contributed by atoms with Crippen molar-refractivity contribution in [3.05, 3.63) is 52.5 Å². The molecule has 11 heteroatoms. The van der Waals surface area contributed by atoms with E-state index in [2.05, 4.69) is 30.9 Å². The molecule has 8 nitrogen and oxygen atoms in total. The largest absolute Gasteiger partial charge is 0.492 e. The molecule has 4 N–H and O–H groups in total. The minimum atomic E-state index is -0.988. The van der Waals surface area contributed by atoms with Crippen LogP contribution in [0.2, 0.25) is 5.15 Å². The van der Waals surface area contributed by atoms with E-state index in [0.717, 1.165) is 9.86 Å². The van der Waals surface area contributed by atoms with Gasteiger partial charge in [0.05, 0.1) is 26.7 Å². The molecule has 1 saturated heterocycles. The number of fused-ring (bicyclic) bond motifs is 2. The molecule has 0 radical (unpaired) electrons. The van der Waals surface area contributed by atoms with Gasteiger partial charge in [0.2, 0.25) is 0 Å². The van der Waals surface area contributed by atoms with E-state index in [9.17, 15) is 10.2 Å². The second-order valence-corrected chi connectivity index (χ2v) is 9.76. The van der Waals surface area contributed by atoms with E-state index in [1.165, 1.54) is 18.1 Å². The first-order valence-corrected chi connectivity index (χ1v) is 11.5. The summed E-state index contributed by atoms with van der Waals surface area (Å²) in [6, 6.07) is 9.23. The van der Waals surface area contributed by atoms with Gasteiger partial charge in [-0.25, -0.2) is 15.0 Å². The highest BCUT2D eigenvalue weighted by Crippen LogP contribution is 2.43. The molecule has 0 amide bonds. The van der Waals surface area contributed by atoms with Crippen LogP contribution in [0.3, 0.4) is 0 Å². The normalized spacial score (nSPS) is 23.6. The molecular formula is C20H17BrClN5O3S. The molecule has 31 heavy (non-hydrogen) atoms. The molecule has 160 valence electrons. The predicted molar refractivity (Wildman–Crippen MR) is 124 cm³/mol. The van der Waals surface area contributed by atoms with Gasteiger partial charge in [-0.3, -0.25) is 0 Å². The topological polar surface area (TPSA) is 119 Å². The number of nitrogens with two attached hydrogens (primary N) is 1. The molecule has 4 heterocycles. The number of nitrogen functional groups attached to an aromatic ring is 1. The summed E-state index contributed by atoms with van der Waals surface area (Å²) in [7, 11) is 0. The Hall–Kier alpha value is -2.11. The summed E-state index contributed by atoms with van der Waals surface area (Å²) in [5.74, 6) is 1.01. The van der Waals surface area contributed by atoms with Gasteiger partial charge in [0.15, 0.2) is 0 Å². The van der Waals surface area contributed by atoms with Crippen LogP contribution in [-0.4, -0.2) is 53.8 Å². The van der Waals surface area contributed by atoms with E-state index in [0.29, 0.717) is 33.3 Å². The molecule has 1 aliphatic rings. The summed E-state index contributed by atoms with van der Waals surface area (Å²) in [6.07, 6.45) is 1.22. The Balaban J connectivity index is 1.34. The van der Waals surface area contributed by atoms with Crippen LogP contribution in [0, 0.1) is 0 Å². The molecule has 0 unspecified atom stereocenters. The average molecular weight is 523 g/mol. The highest BCUT2D eigenvalue weighted by atomic mass is 79.9. The van der Waals surface area contributed by atoms with Crippen LogP contribution in [0.25, 0.3) is 21.9 Å². The maximum absolute atomic E-state index is 10.7. The Bertz CT molecular complexity index is 1290. The Morgan fingerprint density at radius 1 is 1.19 bits per heavy atom. The lowest BCUT2D eigenvalue weighted by atomic mass is 10.1. The quantitative estimate of drug-likeness (QED) is 0.349. The first-order valence-electron chi connectivity index (χ1n) is 9.39. The molecule has 0 saturated carbocycles. The second-order valence-electron chi connectivity index (χ2n) is 7.19. The minimum absolute atomic E-state index is 0.214.